The monoisotopic (exact) mass is 472 g/mol. The lowest BCUT2D eigenvalue weighted by molar-refractivity contribution is 0.0396. The van der Waals surface area contributed by atoms with E-state index in [1.165, 1.54) is 18.4 Å². The highest BCUT2D eigenvalue weighted by Crippen LogP contribution is 2.46. The zero-order chi connectivity index (χ0) is 17.7. The molecule has 1 fully saturated rings. The van der Waals surface area contributed by atoms with Crippen LogP contribution >= 0.6 is 24.0 Å². The number of nitrogens with zero attached hydrogens (tertiary/aromatic N) is 2. The molecule has 146 valence electrons. The van der Waals surface area contributed by atoms with Gasteiger partial charge in [-0.15, -0.1) is 24.0 Å². The SMILES string of the molecule is CCN(C)CCNC(=NC)NC1CC2(CCCC2)Oc2ccccc21.I. The quantitative estimate of drug-likeness (QED) is 0.391. The van der Waals surface area contributed by atoms with Gasteiger partial charge in [0, 0.05) is 32.1 Å². The normalized spacial score (nSPS) is 21.1. The Kier molecular flexibility index (Phi) is 8.01. The first kappa shape index (κ1) is 21.3. The van der Waals surface area contributed by atoms with Gasteiger partial charge in [-0.25, -0.2) is 0 Å². The predicted molar refractivity (Wildman–Crippen MR) is 119 cm³/mol. The summed E-state index contributed by atoms with van der Waals surface area (Å²) in [6.45, 7) is 5.13. The Hall–Kier alpha value is -1.02. The van der Waals surface area contributed by atoms with Crippen LogP contribution < -0.4 is 15.4 Å². The predicted octanol–water partition coefficient (Wildman–Crippen LogP) is 3.56. The molecule has 0 saturated heterocycles. The van der Waals surface area contributed by atoms with Crippen molar-refractivity contribution in [2.45, 2.75) is 50.7 Å². The summed E-state index contributed by atoms with van der Waals surface area (Å²) in [4.78, 5) is 6.72. The molecule has 0 amide bonds. The molecule has 1 aromatic rings. The van der Waals surface area contributed by atoms with Crippen LogP contribution in [0.5, 0.6) is 5.75 Å². The topological polar surface area (TPSA) is 48.9 Å². The van der Waals surface area contributed by atoms with Gasteiger partial charge in [0.05, 0.1) is 6.04 Å². The summed E-state index contributed by atoms with van der Waals surface area (Å²) >= 11 is 0. The van der Waals surface area contributed by atoms with E-state index in [4.69, 9.17) is 4.74 Å². The van der Waals surface area contributed by atoms with Crippen LogP contribution in [0.2, 0.25) is 0 Å². The van der Waals surface area contributed by atoms with E-state index in [0.717, 1.165) is 50.6 Å². The Bertz CT molecular complexity index is 601. The molecule has 26 heavy (non-hydrogen) atoms. The Balaban J connectivity index is 0.00000243. The highest BCUT2D eigenvalue weighted by atomic mass is 127. The maximum Gasteiger partial charge on any atom is 0.191 e. The molecule has 2 N–H and O–H groups in total. The van der Waals surface area contributed by atoms with Gasteiger partial charge < -0.3 is 20.3 Å². The fraction of sp³-hybridized carbons (Fsp3) is 0.650. The van der Waals surface area contributed by atoms with E-state index in [1.54, 1.807) is 0 Å². The molecular weight excluding hydrogens is 439 g/mol. The van der Waals surface area contributed by atoms with Crippen molar-refractivity contribution in [1.82, 2.24) is 15.5 Å². The van der Waals surface area contributed by atoms with Crippen LogP contribution in [-0.4, -0.2) is 50.2 Å². The third kappa shape index (κ3) is 5.03. The standard InChI is InChI=1S/C20H32N4O.HI/c1-4-24(3)14-13-22-19(21-2)23-17-15-20(11-7-8-12-20)25-18-10-6-5-9-16(17)18;/h5-6,9-10,17H,4,7-8,11-15H2,1-3H3,(H2,21,22,23);1H. The largest absolute Gasteiger partial charge is 0.487 e. The summed E-state index contributed by atoms with van der Waals surface area (Å²) < 4.78 is 6.45. The Morgan fingerprint density at radius 3 is 2.73 bits per heavy atom. The zero-order valence-corrected chi connectivity index (χ0v) is 18.6. The summed E-state index contributed by atoms with van der Waals surface area (Å²) in [5.74, 6) is 1.91. The van der Waals surface area contributed by atoms with Gasteiger partial charge in [-0.2, -0.15) is 0 Å². The molecule has 2 aliphatic rings. The van der Waals surface area contributed by atoms with Gasteiger partial charge in [0.1, 0.15) is 11.4 Å². The van der Waals surface area contributed by atoms with Crippen molar-refractivity contribution in [1.29, 1.82) is 0 Å². The van der Waals surface area contributed by atoms with Crippen molar-refractivity contribution in [3.63, 3.8) is 0 Å². The summed E-state index contributed by atoms with van der Waals surface area (Å²) in [6, 6.07) is 8.69. The summed E-state index contributed by atoms with van der Waals surface area (Å²) in [6.07, 6.45) is 5.87. The van der Waals surface area contributed by atoms with Gasteiger partial charge in [0.25, 0.3) is 0 Å². The van der Waals surface area contributed by atoms with Crippen molar-refractivity contribution in [2.24, 2.45) is 4.99 Å². The number of halogens is 1. The van der Waals surface area contributed by atoms with Crippen LogP contribution in [0.3, 0.4) is 0 Å². The van der Waals surface area contributed by atoms with E-state index in [1.807, 2.05) is 7.05 Å². The number of likely N-dealkylation sites (N-methyl/N-ethyl adjacent to an activating group) is 1. The van der Waals surface area contributed by atoms with Crippen molar-refractivity contribution >= 4 is 29.9 Å². The Morgan fingerprint density at radius 1 is 1.31 bits per heavy atom. The molecule has 1 unspecified atom stereocenters. The van der Waals surface area contributed by atoms with E-state index in [2.05, 4.69) is 58.8 Å². The second-order valence-corrected chi connectivity index (χ2v) is 7.33. The number of fused-ring (bicyclic) bond motifs is 1. The van der Waals surface area contributed by atoms with Crippen LogP contribution in [-0.2, 0) is 0 Å². The second kappa shape index (κ2) is 9.78. The van der Waals surface area contributed by atoms with Crippen LogP contribution in [0.4, 0.5) is 0 Å². The van der Waals surface area contributed by atoms with Crippen LogP contribution in [0.1, 0.15) is 50.6 Å². The van der Waals surface area contributed by atoms with Crippen molar-refractivity contribution in [2.75, 3.05) is 33.7 Å². The molecule has 1 aromatic carbocycles. The molecule has 1 atom stereocenters. The summed E-state index contributed by atoms with van der Waals surface area (Å²) in [5.41, 5.74) is 1.25. The van der Waals surface area contributed by atoms with Gasteiger partial charge in [-0.3, -0.25) is 4.99 Å². The van der Waals surface area contributed by atoms with Crippen LogP contribution in [0.25, 0.3) is 0 Å². The van der Waals surface area contributed by atoms with E-state index in [0.29, 0.717) is 0 Å². The molecule has 5 nitrogen and oxygen atoms in total. The lowest BCUT2D eigenvalue weighted by atomic mass is 9.86. The lowest BCUT2D eigenvalue weighted by Crippen LogP contribution is -2.47. The smallest absolute Gasteiger partial charge is 0.191 e. The molecule has 1 spiro atoms. The van der Waals surface area contributed by atoms with E-state index < -0.39 is 0 Å². The van der Waals surface area contributed by atoms with E-state index in [-0.39, 0.29) is 35.6 Å². The number of nitrogens with one attached hydrogen (secondary N) is 2. The Labute approximate surface area is 175 Å². The molecule has 6 heteroatoms. The molecule has 1 heterocycles. The van der Waals surface area contributed by atoms with Gasteiger partial charge in [0.2, 0.25) is 0 Å². The summed E-state index contributed by atoms with van der Waals surface area (Å²) in [5, 5.41) is 7.09. The minimum Gasteiger partial charge on any atom is -0.487 e. The van der Waals surface area contributed by atoms with Crippen molar-refractivity contribution in [3.05, 3.63) is 29.8 Å². The minimum absolute atomic E-state index is 0. The fourth-order valence-electron chi connectivity index (χ4n) is 3.96. The third-order valence-electron chi connectivity index (χ3n) is 5.57. The first-order valence-electron chi connectivity index (χ1n) is 9.59. The molecular formula is C20H33IN4O. The average molecular weight is 472 g/mol. The van der Waals surface area contributed by atoms with Gasteiger partial charge in [0.15, 0.2) is 5.96 Å². The number of hydrogen-bond donors (Lipinski definition) is 2. The third-order valence-corrected chi connectivity index (χ3v) is 5.57. The average Bonchev–Trinajstić information content (AvgIpc) is 3.07. The lowest BCUT2D eigenvalue weighted by Gasteiger charge is -2.40. The molecule has 0 radical (unpaired) electrons. The highest BCUT2D eigenvalue weighted by Gasteiger charge is 2.43. The summed E-state index contributed by atoms with van der Waals surface area (Å²) in [7, 11) is 3.98. The van der Waals surface area contributed by atoms with Crippen molar-refractivity contribution in [3.8, 4) is 5.75 Å². The zero-order valence-electron chi connectivity index (χ0n) is 16.3. The molecule has 1 aliphatic heterocycles. The maximum absolute atomic E-state index is 6.45. The van der Waals surface area contributed by atoms with Crippen LogP contribution in [0.15, 0.2) is 29.3 Å². The van der Waals surface area contributed by atoms with E-state index >= 15 is 0 Å². The number of benzene rings is 1. The number of aliphatic imine (C=N–C) groups is 1. The van der Waals surface area contributed by atoms with Crippen LogP contribution in [0, 0.1) is 0 Å². The number of hydrogen-bond acceptors (Lipinski definition) is 3. The fourth-order valence-corrected chi connectivity index (χ4v) is 3.96. The first-order chi connectivity index (χ1) is 12.2. The van der Waals surface area contributed by atoms with Gasteiger partial charge in [-0.05, 0) is 45.3 Å². The first-order valence-corrected chi connectivity index (χ1v) is 9.59. The second-order valence-electron chi connectivity index (χ2n) is 7.33. The molecule has 1 saturated carbocycles. The molecule has 1 aliphatic carbocycles. The highest BCUT2D eigenvalue weighted by molar-refractivity contribution is 14.0. The molecule has 0 bridgehead atoms. The van der Waals surface area contributed by atoms with Crippen molar-refractivity contribution < 1.29 is 4.74 Å². The molecule has 0 aromatic heterocycles. The minimum atomic E-state index is 0. The number of guanidine groups is 1. The molecule has 3 rings (SSSR count). The number of para-hydroxylation sites is 1. The van der Waals surface area contributed by atoms with Gasteiger partial charge >= 0.3 is 0 Å². The number of ether oxygens (including phenoxy) is 1. The van der Waals surface area contributed by atoms with Gasteiger partial charge in [-0.1, -0.05) is 25.1 Å². The Morgan fingerprint density at radius 2 is 2.04 bits per heavy atom. The maximum atomic E-state index is 6.45. The van der Waals surface area contributed by atoms with E-state index in [9.17, 15) is 0 Å². The number of rotatable bonds is 5.